The van der Waals surface area contributed by atoms with Gasteiger partial charge < -0.3 is 11.5 Å². The van der Waals surface area contributed by atoms with Gasteiger partial charge in [0.1, 0.15) is 0 Å². The molecule has 0 fully saturated rings. The number of benzene rings is 2. The second-order valence-corrected chi connectivity index (χ2v) is 7.83. The van der Waals surface area contributed by atoms with Crippen molar-refractivity contribution in [1.29, 1.82) is 0 Å². The number of hydrogen-bond acceptors (Lipinski definition) is 4. The van der Waals surface area contributed by atoms with Gasteiger partial charge in [0, 0.05) is 23.5 Å². The zero-order valence-corrected chi connectivity index (χ0v) is 17.0. The Morgan fingerprint density at radius 1 is 0.682 bits per heavy atom. The summed E-state index contributed by atoms with van der Waals surface area (Å²) in [5.74, 6) is -0.618. The summed E-state index contributed by atoms with van der Waals surface area (Å²) in [4.78, 5) is 25.7. The standard InChI is InChI=1S/C14H6Br4N2O2/c15-8-6-7(9(16)11(18)10(8)17)14(22)5-3(13(6)21)1-2-4(19)12(5)20/h1-2H,19-20H2. The van der Waals surface area contributed by atoms with E-state index in [-0.39, 0.29) is 39.6 Å². The van der Waals surface area contributed by atoms with E-state index < -0.39 is 0 Å². The fourth-order valence-corrected chi connectivity index (χ4v) is 4.87. The van der Waals surface area contributed by atoms with Crippen molar-refractivity contribution in [3.8, 4) is 0 Å². The molecule has 0 heterocycles. The third kappa shape index (κ3) is 2.04. The Morgan fingerprint density at radius 3 is 1.73 bits per heavy atom. The molecule has 0 bridgehead atoms. The van der Waals surface area contributed by atoms with Gasteiger partial charge in [0.05, 0.1) is 28.1 Å². The van der Waals surface area contributed by atoms with Crippen molar-refractivity contribution < 1.29 is 9.59 Å². The van der Waals surface area contributed by atoms with Crippen molar-refractivity contribution in [3.05, 3.63) is 52.3 Å². The maximum absolute atomic E-state index is 12.9. The van der Waals surface area contributed by atoms with E-state index >= 15 is 0 Å². The van der Waals surface area contributed by atoms with Gasteiger partial charge in [-0.1, -0.05) is 0 Å². The van der Waals surface area contributed by atoms with E-state index in [0.717, 1.165) is 0 Å². The highest BCUT2D eigenvalue weighted by Gasteiger charge is 2.37. The first-order valence-electron chi connectivity index (χ1n) is 5.90. The molecule has 1 aliphatic carbocycles. The number of nitrogen functional groups attached to an aromatic ring is 2. The minimum absolute atomic E-state index is 0.128. The number of rotatable bonds is 0. The van der Waals surface area contributed by atoms with Gasteiger partial charge >= 0.3 is 0 Å². The molecule has 3 rings (SSSR count). The third-order valence-electron chi connectivity index (χ3n) is 3.47. The molecule has 1 aliphatic rings. The van der Waals surface area contributed by atoms with Gasteiger partial charge in [0.25, 0.3) is 0 Å². The molecule has 4 nitrogen and oxygen atoms in total. The molecule has 0 atom stereocenters. The Morgan fingerprint density at radius 2 is 1.18 bits per heavy atom. The summed E-state index contributed by atoms with van der Waals surface area (Å²) in [5.41, 5.74) is 13.1. The van der Waals surface area contributed by atoms with E-state index in [1.54, 1.807) is 0 Å². The first-order chi connectivity index (χ1) is 10.3. The first kappa shape index (κ1) is 16.2. The van der Waals surface area contributed by atoms with Gasteiger partial charge in [0.15, 0.2) is 11.6 Å². The van der Waals surface area contributed by atoms with Crippen LogP contribution in [0.15, 0.2) is 30.0 Å². The first-order valence-corrected chi connectivity index (χ1v) is 9.07. The lowest BCUT2D eigenvalue weighted by atomic mass is 9.83. The molecule has 0 radical (unpaired) electrons. The number of fused-ring (bicyclic) bond motifs is 2. The fourth-order valence-electron chi connectivity index (χ4n) is 2.39. The second kappa shape index (κ2) is 5.43. The van der Waals surface area contributed by atoms with Gasteiger partial charge in [-0.15, -0.1) is 0 Å². The lowest BCUT2D eigenvalue weighted by Gasteiger charge is -2.23. The fraction of sp³-hybridized carbons (Fsp3) is 0. The van der Waals surface area contributed by atoms with Crippen molar-refractivity contribution in [1.82, 2.24) is 0 Å². The van der Waals surface area contributed by atoms with Gasteiger partial charge in [0.2, 0.25) is 0 Å². The summed E-state index contributed by atoms with van der Waals surface area (Å²) in [6, 6.07) is 3.06. The minimum atomic E-state index is -0.338. The van der Waals surface area contributed by atoms with Crippen LogP contribution in [0.3, 0.4) is 0 Å². The van der Waals surface area contributed by atoms with Crippen LogP contribution >= 0.6 is 63.7 Å². The van der Waals surface area contributed by atoms with E-state index in [4.69, 9.17) is 11.5 Å². The van der Waals surface area contributed by atoms with E-state index in [0.29, 0.717) is 23.5 Å². The second-order valence-electron chi connectivity index (χ2n) is 4.66. The van der Waals surface area contributed by atoms with Crippen LogP contribution in [-0.2, 0) is 0 Å². The topological polar surface area (TPSA) is 86.2 Å². The summed E-state index contributed by atoms with van der Waals surface area (Å²) in [6.45, 7) is 0. The quantitative estimate of drug-likeness (QED) is 0.241. The number of nitrogens with two attached hydrogens (primary N) is 2. The molecule has 0 saturated heterocycles. The number of hydrogen-bond donors (Lipinski definition) is 2. The summed E-state index contributed by atoms with van der Waals surface area (Å²) in [7, 11) is 0. The molecule has 112 valence electrons. The largest absolute Gasteiger partial charge is 0.397 e. The van der Waals surface area contributed by atoms with Gasteiger partial charge in [-0.05, 0) is 75.9 Å². The summed E-state index contributed by atoms with van der Waals surface area (Å²) in [5, 5.41) is 0. The summed E-state index contributed by atoms with van der Waals surface area (Å²) in [6.07, 6.45) is 0. The average molecular weight is 554 g/mol. The number of halogens is 4. The van der Waals surface area contributed by atoms with Gasteiger partial charge in [-0.25, -0.2) is 0 Å². The molecule has 8 heteroatoms. The van der Waals surface area contributed by atoms with Crippen molar-refractivity contribution >= 4 is 86.7 Å². The molecule has 2 aromatic carbocycles. The minimum Gasteiger partial charge on any atom is -0.397 e. The van der Waals surface area contributed by atoms with Crippen LogP contribution in [0.1, 0.15) is 31.8 Å². The maximum Gasteiger partial charge on any atom is 0.197 e. The van der Waals surface area contributed by atoms with E-state index in [2.05, 4.69) is 63.7 Å². The summed E-state index contributed by atoms with van der Waals surface area (Å²) < 4.78 is 2.27. The van der Waals surface area contributed by atoms with Crippen LogP contribution in [0.25, 0.3) is 0 Å². The van der Waals surface area contributed by atoms with Crippen LogP contribution in [0.2, 0.25) is 0 Å². The van der Waals surface area contributed by atoms with Crippen LogP contribution in [-0.4, -0.2) is 11.6 Å². The normalized spacial score (nSPS) is 13.1. The van der Waals surface area contributed by atoms with Crippen molar-refractivity contribution in [2.24, 2.45) is 0 Å². The zero-order valence-electron chi connectivity index (χ0n) is 10.6. The highest BCUT2D eigenvalue weighted by molar-refractivity contribution is 9.15. The Kier molecular flexibility index (Phi) is 3.99. The highest BCUT2D eigenvalue weighted by atomic mass is 79.9. The molecule has 0 amide bonds. The summed E-state index contributed by atoms with van der Waals surface area (Å²) >= 11 is 13.5. The number of anilines is 2. The Balaban J connectivity index is 2.47. The molecule has 0 saturated carbocycles. The Hall–Kier alpha value is -0.700. The third-order valence-corrected chi connectivity index (χ3v) is 8.24. The molecule has 0 spiro atoms. The van der Waals surface area contributed by atoms with E-state index in [9.17, 15) is 9.59 Å². The monoisotopic (exact) mass is 550 g/mol. The van der Waals surface area contributed by atoms with E-state index in [1.807, 2.05) is 0 Å². The van der Waals surface area contributed by atoms with Gasteiger partial charge in [-0.3, -0.25) is 9.59 Å². The average Bonchev–Trinajstić information content (AvgIpc) is 2.49. The van der Waals surface area contributed by atoms with Gasteiger partial charge in [-0.2, -0.15) is 0 Å². The molecule has 0 aliphatic heterocycles. The Labute approximate surface area is 159 Å². The van der Waals surface area contributed by atoms with Crippen LogP contribution in [0.5, 0.6) is 0 Å². The predicted molar refractivity (Wildman–Crippen MR) is 99.4 cm³/mol. The molecule has 0 aromatic heterocycles. The van der Waals surface area contributed by atoms with Crippen molar-refractivity contribution in [3.63, 3.8) is 0 Å². The molecule has 4 N–H and O–H groups in total. The van der Waals surface area contributed by atoms with Crippen LogP contribution < -0.4 is 11.5 Å². The lowest BCUT2D eigenvalue weighted by Crippen LogP contribution is -2.24. The molecular weight excluding hydrogens is 548 g/mol. The SMILES string of the molecule is Nc1ccc2c(c1N)C(=O)c1c(Br)c(Br)c(Br)c(Br)c1C2=O. The van der Waals surface area contributed by atoms with Crippen molar-refractivity contribution in [2.75, 3.05) is 11.5 Å². The molecular formula is C14H6Br4N2O2. The number of carbonyl (C=O) groups excluding carboxylic acids is 2. The predicted octanol–water partition coefficient (Wildman–Crippen LogP) is 4.68. The molecule has 0 unspecified atom stereocenters. The highest BCUT2D eigenvalue weighted by Crippen LogP contribution is 2.46. The number of carbonyl (C=O) groups is 2. The zero-order chi connectivity index (χ0) is 16.3. The number of ketones is 2. The van der Waals surface area contributed by atoms with Crippen LogP contribution in [0, 0.1) is 0 Å². The van der Waals surface area contributed by atoms with E-state index in [1.165, 1.54) is 12.1 Å². The Bertz CT molecular complexity index is 893. The maximum atomic E-state index is 12.9. The molecule has 22 heavy (non-hydrogen) atoms. The van der Waals surface area contributed by atoms with Crippen LogP contribution in [0.4, 0.5) is 11.4 Å². The smallest absolute Gasteiger partial charge is 0.197 e. The molecule has 2 aromatic rings. The lowest BCUT2D eigenvalue weighted by molar-refractivity contribution is 0.0978. The van der Waals surface area contributed by atoms with Crippen molar-refractivity contribution in [2.45, 2.75) is 0 Å².